The summed E-state index contributed by atoms with van der Waals surface area (Å²) in [5.74, 6) is -0.801. The number of carboxylic acid groups (broad SMARTS) is 1. The van der Waals surface area contributed by atoms with E-state index >= 15 is 0 Å². The van der Waals surface area contributed by atoms with Crippen LogP contribution in [0.3, 0.4) is 0 Å². The first kappa shape index (κ1) is 18.2. The van der Waals surface area contributed by atoms with Gasteiger partial charge in [-0.25, -0.2) is 4.79 Å². The largest absolute Gasteiger partial charge is 0.503 e. The summed E-state index contributed by atoms with van der Waals surface area (Å²) in [6.07, 6.45) is 1.14. The van der Waals surface area contributed by atoms with Gasteiger partial charge in [-0.3, -0.25) is 4.68 Å². The molecule has 0 radical (unpaired) electrons. The Hall–Kier alpha value is -2.18. The van der Waals surface area contributed by atoms with E-state index in [1.807, 2.05) is 0 Å². The van der Waals surface area contributed by atoms with Gasteiger partial charge in [0.15, 0.2) is 5.75 Å². The highest BCUT2D eigenvalue weighted by atomic mass is 35.5. The maximum Gasteiger partial charge on any atom is 0.341 e. The van der Waals surface area contributed by atoms with Crippen LogP contribution in [-0.4, -0.2) is 28.0 Å². The minimum atomic E-state index is -1.15. The number of benzene rings is 1. The quantitative estimate of drug-likeness (QED) is 0.619. The second kappa shape index (κ2) is 7.59. The molecular weight excluding hydrogens is 355 g/mol. The first-order chi connectivity index (χ1) is 11.3. The average Bonchev–Trinajstić information content (AvgIpc) is 2.79. The fourth-order valence-corrected chi connectivity index (χ4v) is 2.60. The van der Waals surface area contributed by atoms with Crippen molar-refractivity contribution in [2.45, 2.75) is 13.5 Å². The molecule has 1 heterocycles. The van der Waals surface area contributed by atoms with Crippen LogP contribution in [0.5, 0.6) is 5.75 Å². The zero-order valence-corrected chi connectivity index (χ0v) is 14.9. The Labute approximate surface area is 149 Å². The maximum absolute atomic E-state index is 11.5. The van der Waals surface area contributed by atoms with Gasteiger partial charge < -0.3 is 14.6 Å². The van der Waals surface area contributed by atoms with Crippen molar-refractivity contribution in [3.8, 4) is 5.75 Å². The molecule has 0 aliphatic heterocycles. The van der Waals surface area contributed by atoms with Crippen molar-refractivity contribution in [3.63, 3.8) is 0 Å². The maximum atomic E-state index is 11.5. The molecule has 0 fully saturated rings. The third kappa shape index (κ3) is 3.83. The van der Waals surface area contributed by atoms with Gasteiger partial charge in [-0.2, -0.15) is 5.10 Å². The SMILES string of the molecule is CO/C=C(\C(=O)O)c1c(OCc2cc(Cl)ccc2Cl)c(C)nn1C. The van der Waals surface area contributed by atoms with Gasteiger partial charge in [-0.1, -0.05) is 23.2 Å². The van der Waals surface area contributed by atoms with Crippen molar-refractivity contribution in [1.82, 2.24) is 9.78 Å². The Morgan fingerprint density at radius 3 is 2.75 bits per heavy atom. The Bertz CT molecular complexity index is 800. The Morgan fingerprint density at radius 2 is 2.12 bits per heavy atom. The lowest BCUT2D eigenvalue weighted by molar-refractivity contribution is -0.130. The van der Waals surface area contributed by atoms with E-state index in [2.05, 4.69) is 5.10 Å². The van der Waals surface area contributed by atoms with Crippen LogP contribution in [0, 0.1) is 6.92 Å². The predicted octanol–water partition coefficient (Wildman–Crippen LogP) is 3.69. The zero-order chi connectivity index (χ0) is 17.9. The van der Waals surface area contributed by atoms with Crippen LogP contribution in [-0.2, 0) is 23.2 Å². The topological polar surface area (TPSA) is 73.6 Å². The molecule has 1 aromatic heterocycles. The van der Waals surface area contributed by atoms with Crippen molar-refractivity contribution in [3.05, 3.63) is 51.5 Å². The number of ether oxygens (including phenoxy) is 2. The average molecular weight is 371 g/mol. The van der Waals surface area contributed by atoms with E-state index in [-0.39, 0.29) is 12.2 Å². The molecule has 24 heavy (non-hydrogen) atoms. The molecule has 0 spiro atoms. The van der Waals surface area contributed by atoms with Gasteiger partial charge >= 0.3 is 5.97 Å². The highest BCUT2D eigenvalue weighted by Crippen LogP contribution is 2.31. The van der Waals surface area contributed by atoms with Crippen LogP contribution in [0.15, 0.2) is 24.5 Å². The van der Waals surface area contributed by atoms with E-state index in [1.165, 1.54) is 11.8 Å². The van der Waals surface area contributed by atoms with Crippen molar-refractivity contribution in [2.75, 3.05) is 7.11 Å². The van der Waals surface area contributed by atoms with E-state index in [4.69, 9.17) is 32.7 Å². The second-order valence-corrected chi connectivity index (χ2v) is 5.83. The summed E-state index contributed by atoms with van der Waals surface area (Å²) in [7, 11) is 3.01. The van der Waals surface area contributed by atoms with Gasteiger partial charge in [0.2, 0.25) is 0 Å². The van der Waals surface area contributed by atoms with Gasteiger partial charge in [0.1, 0.15) is 23.6 Å². The van der Waals surface area contributed by atoms with E-state index in [1.54, 1.807) is 32.2 Å². The number of hydrogen-bond acceptors (Lipinski definition) is 4. The minimum Gasteiger partial charge on any atom is -0.503 e. The lowest BCUT2D eigenvalue weighted by Gasteiger charge is -2.11. The summed E-state index contributed by atoms with van der Waals surface area (Å²) < 4.78 is 12.1. The molecule has 2 aromatic rings. The van der Waals surface area contributed by atoms with Crippen LogP contribution in [0.25, 0.3) is 5.57 Å². The van der Waals surface area contributed by atoms with E-state index in [9.17, 15) is 9.90 Å². The summed E-state index contributed by atoms with van der Waals surface area (Å²) >= 11 is 12.1. The number of aliphatic carboxylic acids is 1. The van der Waals surface area contributed by atoms with Crippen LogP contribution in [0.2, 0.25) is 10.0 Å². The monoisotopic (exact) mass is 370 g/mol. The number of nitrogens with zero attached hydrogens (tertiary/aromatic N) is 2. The predicted molar refractivity (Wildman–Crippen MR) is 91.4 cm³/mol. The van der Waals surface area contributed by atoms with E-state index in [0.29, 0.717) is 32.7 Å². The highest BCUT2D eigenvalue weighted by Gasteiger charge is 2.24. The number of carboxylic acids is 1. The fraction of sp³-hybridized carbons (Fsp3) is 0.250. The molecule has 0 saturated carbocycles. The Kier molecular flexibility index (Phi) is 5.75. The lowest BCUT2D eigenvalue weighted by atomic mass is 10.1. The van der Waals surface area contributed by atoms with E-state index in [0.717, 1.165) is 6.26 Å². The molecule has 8 heteroatoms. The van der Waals surface area contributed by atoms with Gasteiger partial charge in [0.05, 0.1) is 13.4 Å². The molecule has 6 nitrogen and oxygen atoms in total. The van der Waals surface area contributed by atoms with E-state index < -0.39 is 5.97 Å². The molecule has 0 saturated heterocycles. The van der Waals surface area contributed by atoms with Gasteiger partial charge in [-0.15, -0.1) is 0 Å². The molecule has 0 aliphatic rings. The smallest absolute Gasteiger partial charge is 0.341 e. The van der Waals surface area contributed by atoms with Crippen LogP contribution in [0.4, 0.5) is 0 Å². The number of carbonyl (C=O) groups is 1. The summed E-state index contributed by atoms with van der Waals surface area (Å²) in [6.45, 7) is 1.85. The molecule has 0 bridgehead atoms. The molecule has 0 unspecified atom stereocenters. The number of rotatable bonds is 6. The van der Waals surface area contributed by atoms with Gasteiger partial charge in [0.25, 0.3) is 0 Å². The normalized spacial score (nSPS) is 11.5. The third-order valence-corrected chi connectivity index (χ3v) is 3.87. The lowest BCUT2D eigenvalue weighted by Crippen LogP contribution is -2.08. The highest BCUT2D eigenvalue weighted by molar-refractivity contribution is 6.33. The number of halogens is 2. The number of aromatic nitrogens is 2. The van der Waals surface area contributed by atoms with Crippen molar-refractivity contribution < 1.29 is 19.4 Å². The van der Waals surface area contributed by atoms with Crippen LogP contribution >= 0.6 is 23.2 Å². The molecule has 128 valence electrons. The molecule has 0 atom stereocenters. The van der Waals surface area contributed by atoms with Crippen LogP contribution in [0.1, 0.15) is 17.0 Å². The molecular formula is C16H16Cl2N2O4. The number of aryl methyl sites for hydroxylation is 2. The summed E-state index contributed by atoms with van der Waals surface area (Å²) in [6, 6.07) is 5.05. The summed E-state index contributed by atoms with van der Waals surface area (Å²) in [4.78, 5) is 11.5. The first-order valence-corrected chi connectivity index (χ1v) is 7.67. The summed E-state index contributed by atoms with van der Waals surface area (Å²) in [5, 5.41) is 14.7. The molecule has 0 aliphatic carbocycles. The van der Waals surface area contributed by atoms with Crippen molar-refractivity contribution in [1.29, 1.82) is 0 Å². The molecule has 0 amide bonds. The fourth-order valence-electron chi connectivity index (χ4n) is 2.24. The van der Waals surface area contributed by atoms with Crippen molar-refractivity contribution >= 4 is 34.7 Å². The molecule has 2 rings (SSSR count). The minimum absolute atomic E-state index is 0.0622. The summed E-state index contributed by atoms with van der Waals surface area (Å²) in [5.41, 5.74) is 1.48. The van der Waals surface area contributed by atoms with Crippen LogP contribution < -0.4 is 4.74 Å². The standard InChI is InChI=1S/C16H16Cl2N2O4/c1-9-15(24-7-10-6-11(17)4-5-13(10)18)14(20(2)19-9)12(8-23-3)16(21)22/h4-6,8H,7H2,1-3H3,(H,21,22)/b12-8-. The van der Waals surface area contributed by atoms with Gasteiger partial charge in [-0.05, 0) is 25.1 Å². The zero-order valence-electron chi connectivity index (χ0n) is 13.3. The first-order valence-electron chi connectivity index (χ1n) is 6.92. The van der Waals surface area contributed by atoms with Gasteiger partial charge in [0, 0.05) is 22.7 Å². The molecule has 1 N–H and O–H groups in total. The third-order valence-electron chi connectivity index (χ3n) is 3.27. The molecule has 1 aromatic carbocycles. The number of hydrogen-bond donors (Lipinski definition) is 1. The Balaban J connectivity index is 2.39. The number of methoxy groups -OCH3 is 1. The second-order valence-electron chi connectivity index (χ2n) is 4.98. The Morgan fingerprint density at radius 1 is 1.42 bits per heavy atom. The van der Waals surface area contributed by atoms with Crippen molar-refractivity contribution in [2.24, 2.45) is 7.05 Å².